The number of carbonyl (C=O) groups is 3. The zero-order valence-corrected chi connectivity index (χ0v) is 23.7. The van der Waals surface area contributed by atoms with Crippen LogP contribution in [0.2, 0.25) is 5.02 Å². The zero-order chi connectivity index (χ0) is 28.7. The number of aromatic nitrogens is 2. The van der Waals surface area contributed by atoms with Gasteiger partial charge >= 0.3 is 0 Å². The van der Waals surface area contributed by atoms with E-state index in [1.165, 1.54) is 6.08 Å². The standard InChI is InChI=1S/C33H31ClN4O3/c1-3-25(39)19-24-17-21(8-7-20(24)2)27-28-26(34)9-13-35-30(28)37-29(27)22-5-4-6-23(18-22)31(40)38-15-11-33(12-16-38)10-14-36-32(33)41/h3-9,13,17-18H,1,10-12,14-16,19H2,2H3,(H,35,37)(H,36,41). The molecule has 2 aliphatic heterocycles. The van der Waals surface area contributed by atoms with Crippen molar-refractivity contribution in [3.63, 3.8) is 0 Å². The molecule has 2 aromatic heterocycles. The molecule has 0 unspecified atom stereocenters. The van der Waals surface area contributed by atoms with Gasteiger partial charge in [-0.25, -0.2) is 4.98 Å². The number of nitrogens with one attached hydrogen (secondary N) is 2. The van der Waals surface area contributed by atoms with Gasteiger partial charge in [0.1, 0.15) is 5.65 Å². The molecule has 2 saturated heterocycles. The third-order valence-corrected chi connectivity index (χ3v) is 8.97. The first-order valence-corrected chi connectivity index (χ1v) is 14.3. The molecule has 0 atom stereocenters. The Bertz CT molecular complexity index is 1710. The fourth-order valence-corrected chi connectivity index (χ4v) is 6.42. The number of hydrogen-bond donors (Lipinski definition) is 2. The van der Waals surface area contributed by atoms with Crippen molar-refractivity contribution in [2.24, 2.45) is 5.41 Å². The summed E-state index contributed by atoms with van der Waals surface area (Å²) in [6.45, 7) is 7.43. The third-order valence-electron chi connectivity index (χ3n) is 8.65. The molecule has 41 heavy (non-hydrogen) atoms. The number of fused-ring (bicyclic) bond motifs is 1. The summed E-state index contributed by atoms with van der Waals surface area (Å²) in [6, 6.07) is 15.4. The maximum atomic E-state index is 13.6. The normalized spacial score (nSPS) is 16.2. The SMILES string of the molecule is C=CC(=O)Cc1cc(-c2c(-c3cccc(C(=O)N4CCC5(CCNC5=O)CC4)c3)[nH]c3nccc(Cl)c23)ccc1C. The predicted molar refractivity (Wildman–Crippen MR) is 161 cm³/mol. The van der Waals surface area contributed by atoms with Crippen LogP contribution in [0.1, 0.15) is 40.7 Å². The summed E-state index contributed by atoms with van der Waals surface area (Å²) in [5.74, 6) is 0.0281. The van der Waals surface area contributed by atoms with Gasteiger partial charge in [-0.2, -0.15) is 0 Å². The van der Waals surface area contributed by atoms with Crippen LogP contribution < -0.4 is 5.32 Å². The summed E-state index contributed by atoms with van der Waals surface area (Å²) < 4.78 is 0. The molecule has 7 nitrogen and oxygen atoms in total. The molecular weight excluding hydrogens is 536 g/mol. The number of ketones is 1. The number of likely N-dealkylation sites (tertiary alicyclic amines) is 1. The quantitative estimate of drug-likeness (QED) is 0.284. The minimum Gasteiger partial charge on any atom is -0.356 e. The van der Waals surface area contributed by atoms with E-state index in [4.69, 9.17) is 11.6 Å². The number of hydrogen-bond acceptors (Lipinski definition) is 4. The van der Waals surface area contributed by atoms with Gasteiger partial charge < -0.3 is 15.2 Å². The molecule has 2 aliphatic rings. The molecule has 4 heterocycles. The van der Waals surface area contributed by atoms with Crippen molar-refractivity contribution in [2.75, 3.05) is 19.6 Å². The third kappa shape index (κ3) is 4.84. The van der Waals surface area contributed by atoms with Crippen LogP contribution in [0.25, 0.3) is 33.4 Å². The largest absolute Gasteiger partial charge is 0.356 e. The Morgan fingerprint density at radius 3 is 2.63 bits per heavy atom. The maximum Gasteiger partial charge on any atom is 0.253 e. The molecule has 0 saturated carbocycles. The summed E-state index contributed by atoms with van der Waals surface area (Å²) in [6.07, 6.45) is 5.47. The van der Waals surface area contributed by atoms with E-state index >= 15 is 0 Å². The fraction of sp³-hybridized carbons (Fsp3) is 0.273. The van der Waals surface area contributed by atoms with Gasteiger partial charge in [0.25, 0.3) is 5.91 Å². The van der Waals surface area contributed by atoms with E-state index in [2.05, 4.69) is 21.9 Å². The van der Waals surface area contributed by atoms with Crippen LogP contribution >= 0.6 is 11.6 Å². The Morgan fingerprint density at radius 2 is 1.90 bits per heavy atom. The molecule has 4 aromatic rings. The summed E-state index contributed by atoms with van der Waals surface area (Å²) in [7, 11) is 0. The van der Waals surface area contributed by atoms with Crippen molar-refractivity contribution in [1.82, 2.24) is 20.2 Å². The number of aromatic amines is 1. The van der Waals surface area contributed by atoms with Crippen molar-refractivity contribution >= 4 is 40.2 Å². The maximum absolute atomic E-state index is 13.6. The second-order valence-electron chi connectivity index (χ2n) is 11.0. The minimum atomic E-state index is -0.326. The van der Waals surface area contributed by atoms with Crippen LogP contribution in [-0.2, 0) is 16.0 Å². The lowest BCUT2D eigenvalue weighted by Gasteiger charge is -2.37. The Labute approximate surface area is 243 Å². The van der Waals surface area contributed by atoms with Crippen molar-refractivity contribution in [1.29, 1.82) is 0 Å². The van der Waals surface area contributed by atoms with Gasteiger partial charge in [0.2, 0.25) is 5.91 Å². The Hall–Kier alpha value is -4.23. The summed E-state index contributed by atoms with van der Waals surface area (Å²) in [5, 5.41) is 4.29. The van der Waals surface area contributed by atoms with Gasteiger partial charge in [-0.05, 0) is 72.7 Å². The topological polar surface area (TPSA) is 95.2 Å². The molecule has 8 heteroatoms. The zero-order valence-electron chi connectivity index (χ0n) is 22.9. The highest BCUT2D eigenvalue weighted by atomic mass is 35.5. The molecule has 0 radical (unpaired) electrons. The first kappa shape index (κ1) is 27.0. The lowest BCUT2D eigenvalue weighted by molar-refractivity contribution is -0.129. The van der Waals surface area contributed by atoms with E-state index in [1.807, 2.05) is 54.3 Å². The molecule has 0 bridgehead atoms. The number of H-pyrrole nitrogens is 1. The second kappa shape index (κ2) is 10.6. The highest BCUT2D eigenvalue weighted by Gasteiger charge is 2.45. The molecular formula is C33H31ClN4O3. The van der Waals surface area contributed by atoms with E-state index in [0.29, 0.717) is 48.7 Å². The second-order valence-corrected chi connectivity index (χ2v) is 11.4. The Balaban J connectivity index is 1.38. The van der Waals surface area contributed by atoms with E-state index in [9.17, 15) is 14.4 Å². The number of rotatable bonds is 6. The summed E-state index contributed by atoms with van der Waals surface area (Å²) in [5.41, 5.74) is 6.20. The number of amides is 2. The van der Waals surface area contributed by atoms with Gasteiger partial charge in [0.15, 0.2) is 5.78 Å². The number of nitrogens with zero attached hydrogens (tertiary/aromatic N) is 2. The fourth-order valence-electron chi connectivity index (χ4n) is 6.18. The molecule has 0 aliphatic carbocycles. The molecule has 2 amide bonds. The van der Waals surface area contributed by atoms with Crippen LogP contribution in [0, 0.1) is 12.3 Å². The number of aryl methyl sites for hydroxylation is 1. The first-order valence-electron chi connectivity index (χ1n) is 13.9. The van der Waals surface area contributed by atoms with Crippen LogP contribution in [-0.4, -0.2) is 52.1 Å². The molecule has 1 spiro atoms. The highest BCUT2D eigenvalue weighted by molar-refractivity contribution is 6.36. The molecule has 2 N–H and O–H groups in total. The molecule has 2 aromatic carbocycles. The van der Waals surface area contributed by atoms with Crippen molar-refractivity contribution in [3.8, 4) is 22.4 Å². The first-order chi connectivity index (χ1) is 19.8. The van der Waals surface area contributed by atoms with Crippen molar-refractivity contribution < 1.29 is 14.4 Å². The number of carbonyl (C=O) groups excluding carboxylic acids is 3. The monoisotopic (exact) mass is 566 g/mol. The Kier molecular flexibility index (Phi) is 6.99. The van der Waals surface area contributed by atoms with E-state index in [-0.39, 0.29) is 29.4 Å². The number of allylic oxidation sites excluding steroid dienone is 1. The van der Waals surface area contributed by atoms with E-state index in [0.717, 1.165) is 45.3 Å². The number of benzene rings is 2. The van der Waals surface area contributed by atoms with Gasteiger partial charge in [-0.1, -0.05) is 48.5 Å². The number of piperidine rings is 1. The van der Waals surface area contributed by atoms with E-state index < -0.39 is 0 Å². The van der Waals surface area contributed by atoms with E-state index in [1.54, 1.807) is 12.3 Å². The molecule has 208 valence electrons. The highest BCUT2D eigenvalue weighted by Crippen LogP contribution is 2.42. The summed E-state index contributed by atoms with van der Waals surface area (Å²) in [4.78, 5) is 48.0. The van der Waals surface area contributed by atoms with Crippen LogP contribution in [0.5, 0.6) is 0 Å². The smallest absolute Gasteiger partial charge is 0.253 e. The van der Waals surface area contributed by atoms with Crippen molar-refractivity contribution in [2.45, 2.75) is 32.6 Å². The molecule has 2 fully saturated rings. The number of halogens is 1. The van der Waals surface area contributed by atoms with Crippen LogP contribution in [0.4, 0.5) is 0 Å². The molecule has 6 rings (SSSR count). The van der Waals surface area contributed by atoms with Gasteiger partial charge in [-0.3, -0.25) is 14.4 Å². The average Bonchev–Trinajstić information content (AvgIpc) is 3.55. The van der Waals surface area contributed by atoms with Crippen LogP contribution in [0.15, 0.2) is 67.4 Å². The van der Waals surface area contributed by atoms with Crippen molar-refractivity contribution in [3.05, 3.63) is 89.1 Å². The van der Waals surface area contributed by atoms with Gasteiger partial charge in [-0.15, -0.1) is 0 Å². The average molecular weight is 567 g/mol. The predicted octanol–water partition coefficient (Wildman–Crippen LogP) is 5.90. The summed E-state index contributed by atoms with van der Waals surface area (Å²) >= 11 is 6.72. The van der Waals surface area contributed by atoms with Gasteiger partial charge in [0.05, 0.1) is 16.1 Å². The Morgan fingerprint density at radius 1 is 1.10 bits per heavy atom. The van der Waals surface area contributed by atoms with Gasteiger partial charge in [0, 0.05) is 48.8 Å². The number of pyridine rings is 1. The lowest BCUT2D eigenvalue weighted by Crippen LogP contribution is -2.46. The lowest BCUT2D eigenvalue weighted by atomic mass is 9.77. The minimum absolute atomic E-state index is 0.0468. The van der Waals surface area contributed by atoms with Crippen LogP contribution in [0.3, 0.4) is 0 Å².